The van der Waals surface area contributed by atoms with E-state index in [1.54, 1.807) is 0 Å². The number of aliphatic hydroxyl groups is 1. The predicted molar refractivity (Wildman–Crippen MR) is 88.8 cm³/mol. The molecule has 0 spiro atoms. The van der Waals surface area contributed by atoms with Crippen molar-refractivity contribution >= 4 is 21.2 Å². The maximum Gasteiger partial charge on any atom is 0.341 e. The van der Waals surface area contributed by atoms with E-state index in [9.17, 15) is 36.8 Å². The Bertz CT molecular complexity index is 990. The van der Waals surface area contributed by atoms with Crippen molar-refractivity contribution in [3.05, 3.63) is 64.0 Å². The molecule has 0 aliphatic carbocycles. The first kappa shape index (κ1) is 19.1. The number of halogens is 3. The summed E-state index contributed by atoms with van der Waals surface area (Å²) in [5, 5.41) is 21.8. The summed E-state index contributed by atoms with van der Waals surface area (Å²) in [5.41, 5.74) is -1.63. The van der Waals surface area contributed by atoms with Gasteiger partial charge in [-0.15, -0.1) is 0 Å². The first-order valence-electron chi connectivity index (χ1n) is 7.58. The molecule has 0 amide bonds. The van der Waals surface area contributed by atoms with Gasteiger partial charge in [-0.25, -0.2) is 12.8 Å². The van der Waals surface area contributed by atoms with Gasteiger partial charge < -0.3 is 10.0 Å². The summed E-state index contributed by atoms with van der Waals surface area (Å²) in [6, 6.07) is 7.60. The van der Waals surface area contributed by atoms with Crippen LogP contribution in [0.15, 0.2) is 47.4 Å². The molecule has 7 nitrogen and oxygen atoms in total. The molecule has 0 unspecified atom stereocenters. The summed E-state index contributed by atoms with van der Waals surface area (Å²) in [4.78, 5) is 10.9. The van der Waals surface area contributed by atoms with Crippen molar-refractivity contribution in [1.82, 2.24) is 0 Å². The Morgan fingerprint density at radius 2 is 1.74 bits per heavy atom. The smallest absolute Gasteiger partial charge is 0.341 e. The van der Waals surface area contributed by atoms with E-state index < -0.39 is 42.5 Å². The molecule has 1 saturated heterocycles. The van der Waals surface area contributed by atoms with Crippen molar-refractivity contribution in [2.75, 3.05) is 18.0 Å². The lowest BCUT2D eigenvalue weighted by atomic mass is 9.85. The minimum Gasteiger partial charge on any atom is -0.381 e. The molecule has 2 aromatic carbocycles. The number of rotatable bonds is 5. The van der Waals surface area contributed by atoms with Gasteiger partial charge in [-0.2, -0.15) is 8.78 Å². The van der Waals surface area contributed by atoms with Crippen LogP contribution in [0.3, 0.4) is 0 Å². The molecule has 11 heteroatoms. The number of nitro benzene ring substituents is 1. The van der Waals surface area contributed by atoms with E-state index in [2.05, 4.69) is 0 Å². The van der Waals surface area contributed by atoms with Gasteiger partial charge in [-0.1, -0.05) is 12.1 Å². The molecule has 3 rings (SSSR count). The number of nitro groups is 1. The fraction of sp³-hybridized carbons (Fsp3) is 0.250. The van der Waals surface area contributed by atoms with Gasteiger partial charge in [0, 0.05) is 6.07 Å². The molecule has 0 aromatic heterocycles. The molecule has 1 heterocycles. The van der Waals surface area contributed by atoms with Crippen LogP contribution in [-0.2, 0) is 15.4 Å². The SMILES string of the molecule is O=[N+]([O-])c1cc(S(=O)(=O)C(F)F)ccc1N1CC(O)(c2ccc(F)cc2)C1. The molecule has 2 aromatic rings. The number of sulfone groups is 1. The number of benzene rings is 2. The summed E-state index contributed by atoms with van der Waals surface area (Å²) in [6.07, 6.45) is 0. The average Bonchev–Trinajstić information content (AvgIpc) is 2.58. The minimum absolute atomic E-state index is 0.0139. The number of anilines is 1. The van der Waals surface area contributed by atoms with Crippen molar-refractivity contribution in [2.45, 2.75) is 16.3 Å². The Hall–Kier alpha value is -2.66. The van der Waals surface area contributed by atoms with E-state index in [-0.39, 0.29) is 18.8 Å². The fourth-order valence-electron chi connectivity index (χ4n) is 2.89. The third kappa shape index (κ3) is 3.35. The molecular weight excluding hydrogens is 389 g/mol. The summed E-state index contributed by atoms with van der Waals surface area (Å²) < 4.78 is 61.4. The standard InChI is InChI=1S/C16H13F3N2O5S/c17-11-3-1-10(2-4-11)16(22)8-20(9-16)13-6-5-12(7-14(13)21(23)24)27(25,26)15(18)19/h1-7,15,22H,8-9H2. The maximum atomic E-state index is 13.0. The quantitative estimate of drug-likeness (QED) is 0.609. The lowest BCUT2D eigenvalue weighted by Crippen LogP contribution is -2.59. The molecule has 0 bridgehead atoms. The third-order valence-corrected chi connectivity index (χ3v) is 5.71. The second-order valence-electron chi connectivity index (χ2n) is 6.11. The van der Waals surface area contributed by atoms with Crippen LogP contribution in [0.4, 0.5) is 24.5 Å². The Morgan fingerprint density at radius 3 is 2.26 bits per heavy atom. The van der Waals surface area contributed by atoms with E-state index in [1.807, 2.05) is 0 Å². The molecule has 144 valence electrons. The highest BCUT2D eigenvalue weighted by atomic mass is 32.2. The van der Waals surface area contributed by atoms with Crippen LogP contribution >= 0.6 is 0 Å². The first-order chi connectivity index (χ1) is 12.5. The van der Waals surface area contributed by atoms with Crippen molar-refractivity contribution in [3.63, 3.8) is 0 Å². The van der Waals surface area contributed by atoms with E-state index in [1.165, 1.54) is 29.2 Å². The van der Waals surface area contributed by atoms with Crippen LogP contribution < -0.4 is 4.90 Å². The third-order valence-electron chi connectivity index (χ3n) is 4.33. The van der Waals surface area contributed by atoms with E-state index in [0.717, 1.165) is 12.1 Å². The lowest BCUT2D eigenvalue weighted by Gasteiger charge is -2.47. The summed E-state index contributed by atoms with van der Waals surface area (Å²) in [7, 11) is -4.98. The van der Waals surface area contributed by atoms with Crippen LogP contribution in [0.2, 0.25) is 0 Å². The zero-order valence-electron chi connectivity index (χ0n) is 13.5. The van der Waals surface area contributed by atoms with Crippen LogP contribution in [0.25, 0.3) is 0 Å². The van der Waals surface area contributed by atoms with Gasteiger partial charge in [0.05, 0.1) is 22.9 Å². The summed E-state index contributed by atoms with van der Waals surface area (Å²) in [5.74, 6) is -4.18. The van der Waals surface area contributed by atoms with E-state index in [0.29, 0.717) is 11.6 Å². The van der Waals surface area contributed by atoms with Crippen LogP contribution in [0.1, 0.15) is 5.56 Å². The normalized spacial score (nSPS) is 16.3. The minimum atomic E-state index is -4.98. The number of hydrogen-bond acceptors (Lipinski definition) is 6. The Kier molecular flexibility index (Phi) is 4.60. The van der Waals surface area contributed by atoms with Crippen molar-refractivity contribution in [1.29, 1.82) is 0 Å². The Morgan fingerprint density at radius 1 is 1.15 bits per heavy atom. The molecule has 1 aliphatic rings. The molecule has 0 atom stereocenters. The van der Waals surface area contributed by atoms with Gasteiger partial charge in [0.2, 0.25) is 9.84 Å². The van der Waals surface area contributed by atoms with Crippen LogP contribution in [0.5, 0.6) is 0 Å². The lowest BCUT2D eigenvalue weighted by molar-refractivity contribution is -0.384. The first-order valence-corrected chi connectivity index (χ1v) is 9.13. The zero-order chi connectivity index (χ0) is 20.0. The van der Waals surface area contributed by atoms with Crippen LogP contribution in [0, 0.1) is 15.9 Å². The Balaban J connectivity index is 1.90. The predicted octanol–water partition coefficient (Wildman–Crippen LogP) is 2.44. The summed E-state index contributed by atoms with van der Waals surface area (Å²) >= 11 is 0. The molecule has 0 radical (unpaired) electrons. The fourth-order valence-corrected chi connectivity index (χ4v) is 3.63. The summed E-state index contributed by atoms with van der Waals surface area (Å²) in [6.45, 7) is -0.138. The number of hydrogen-bond donors (Lipinski definition) is 1. The zero-order valence-corrected chi connectivity index (χ0v) is 14.4. The molecule has 0 saturated carbocycles. The highest BCUT2D eigenvalue weighted by Crippen LogP contribution is 2.40. The second kappa shape index (κ2) is 6.50. The van der Waals surface area contributed by atoms with Gasteiger partial charge in [0.1, 0.15) is 17.1 Å². The monoisotopic (exact) mass is 402 g/mol. The molecular formula is C16H13F3N2O5S. The molecule has 1 fully saturated rings. The van der Waals surface area contributed by atoms with E-state index >= 15 is 0 Å². The van der Waals surface area contributed by atoms with Gasteiger partial charge in [0.15, 0.2) is 0 Å². The molecule has 1 N–H and O–H groups in total. The number of alkyl halides is 2. The van der Waals surface area contributed by atoms with Gasteiger partial charge >= 0.3 is 5.76 Å². The van der Waals surface area contributed by atoms with Crippen LogP contribution in [-0.4, -0.2) is 37.3 Å². The average molecular weight is 402 g/mol. The highest BCUT2D eigenvalue weighted by Gasteiger charge is 2.45. The second-order valence-corrected chi connectivity index (χ2v) is 8.03. The van der Waals surface area contributed by atoms with Gasteiger partial charge in [-0.05, 0) is 29.8 Å². The molecule has 27 heavy (non-hydrogen) atoms. The van der Waals surface area contributed by atoms with Crippen molar-refractivity contribution in [3.8, 4) is 0 Å². The van der Waals surface area contributed by atoms with E-state index in [4.69, 9.17) is 0 Å². The Labute approximate surface area is 151 Å². The number of nitrogens with zero attached hydrogens (tertiary/aromatic N) is 2. The van der Waals surface area contributed by atoms with Crippen molar-refractivity contribution in [2.24, 2.45) is 0 Å². The largest absolute Gasteiger partial charge is 0.381 e. The van der Waals surface area contributed by atoms with Crippen molar-refractivity contribution < 1.29 is 31.6 Å². The highest BCUT2D eigenvalue weighted by molar-refractivity contribution is 7.91. The van der Waals surface area contributed by atoms with Gasteiger partial charge in [0.25, 0.3) is 5.69 Å². The van der Waals surface area contributed by atoms with Gasteiger partial charge in [-0.3, -0.25) is 10.1 Å². The number of β-amino-alcohol motifs (C(OH)–C–C–N with tert-alkyl or cyclic N) is 1. The molecule has 1 aliphatic heterocycles. The maximum absolute atomic E-state index is 13.0. The topological polar surface area (TPSA) is 101 Å².